The number of hydrogen-bond acceptors (Lipinski definition) is 2. The molecule has 0 aliphatic heterocycles. The average molecular weight is 223 g/mol. The summed E-state index contributed by atoms with van der Waals surface area (Å²) in [5.74, 6) is 0.836. The van der Waals surface area contributed by atoms with Crippen LogP contribution in [0.2, 0.25) is 0 Å². The number of H-pyrrole nitrogens is 1. The normalized spacial score (nSPS) is 7.62. The van der Waals surface area contributed by atoms with Crippen molar-refractivity contribution in [2.45, 2.75) is 6.92 Å². The van der Waals surface area contributed by atoms with Gasteiger partial charge in [0.1, 0.15) is 6.20 Å². The molecule has 44 valence electrons. The molecule has 0 unspecified atom stereocenters. The van der Waals surface area contributed by atoms with Gasteiger partial charge in [-0.25, -0.2) is 0 Å². The highest BCUT2D eigenvalue weighted by Gasteiger charge is 1.87. The third kappa shape index (κ3) is 2.15. The van der Waals surface area contributed by atoms with E-state index in [-0.39, 0.29) is 24.0 Å². The molecule has 1 aromatic rings. The third-order valence-corrected chi connectivity index (χ3v) is 0.636. The van der Waals surface area contributed by atoms with Crippen molar-refractivity contribution >= 4 is 0 Å². The lowest BCUT2D eigenvalue weighted by Gasteiger charge is -1.70. The predicted octanol–water partition coefficient (Wildman–Crippen LogP) is -3.40. The summed E-state index contributed by atoms with van der Waals surface area (Å²) in [6.07, 6.45) is 3.25. The Kier molecular flexibility index (Phi) is 3.59. The van der Waals surface area contributed by atoms with Gasteiger partial charge in [-0.05, 0) is 0 Å². The highest BCUT2D eigenvalue weighted by Crippen LogP contribution is 1.68. The van der Waals surface area contributed by atoms with Crippen LogP contribution in [0.25, 0.3) is 0 Å². The Labute approximate surface area is 64.6 Å². The van der Waals surface area contributed by atoms with E-state index in [9.17, 15) is 0 Å². The first-order valence-electron chi connectivity index (χ1n) is 2.05. The maximum absolute atomic E-state index is 3.86. The van der Waals surface area contributed by atoms with E-state index in [1.807, 2.05) is 6.92 Å². The molecule has 8 heavy (non-hydrogen) atoms. The van der Waals surface area contributed by atoms with Crippen molar-refractivity contribution in [1.82, 2.24) is 10.1 Å². The zero-order valence-electron chi connectivity index (χ0n) is 4.43. The number of nitrogens with zero attached hydrogens (tertiary/aromatic N) is 2. The maximum Gasteiger partial charge on any atom is 0.313 e. The first-order chi connectivity index (χ1) is 3.39. The van der Waals surface area contributed by atoms with Gasteiger partial charge in [-0.1, -0.05) is 10.1 Å². The molecule has 0 saturated heterocycles. The zero-order chi connectivity index (χ0) is 5.11. The largest absolute Gasteiger partial charge is 1.00 e. The molecule has 4 heteroatoms. The number of halogens is 1. The van der Waals surface area contributed by atoms with Crippen LogP contribution in [0, 0.1) is 6.92 Å². The molecule has 0 bridgehead atoms. The fraction of sp³-hybridized carbons (Fsp3) is 0.250. The Morgan fingerprint density at radius 2 is 2.25 bits per heavy atom. The van der Waals surface area contributed by atoms with Gasteiger partial charge in [0.15, 0.2) is 6.20 Å². The van der Waals surface area contributed by atoms with Crippen LogP contribution in [0.5, 0.6) is 0 Å². The molecular weight excluding hydrogens is 217 g/mol. The van der Waals surface area contributed by atoms with Crippen LogP contribution in [0.15, 0.2) is 12.4 Å². The summed E-state index contributed by atoms with van der Waals surface area (Å²) in [4.78, 5) is 3.86. The number of hydrogen-bond donors (Lipinski definition) is 0. The summed E-state index contributed by atoms with van der Waals surface area (Å²) in [5.41, 5.74) is 0. The molecule has 0 saturated carbocycles. The minimum absolute atomic E-state index is 0. The van der Waals surface area contributed by atoms with Gasteiger partial charge in [0.25, 0.3) is 0 Å². The number of nitrogens with one attached hydrogen (secondary N) is 1. The molecule has 0 amide bonds. The molecule has 1 N–H and O–H groups in total. The number of aromatic amines is 1. The van der Waals surface area contributed by atoms with E-state index in [2.05, 4.69) is 15.2 Å². The van der Waals surface area contributed by atoms with Gasteiger partial charge >= 0.3 is 5.82 Å². The van der Waals surface area contributed by atoms with Crippen molar-refractivity contribution in [2.24, 2.45) is 0 Å². The highest BCUT2D eigenvalue weighted by atomic mass is 127. The van der Waals surface area contributed by atoms with Gasteiger partial charge < -0.3 is 24.0 Å². The van der Waals surface area contributed by atoms with E-state index in [0.29, 0.717) is 0 Å². The first-order valence-corrected chi connectivity index (χ1v) is 2.05. The van der Waals surface area contributed by atoms with E-state index < -0.39 is 0 Å². The molecule has 3 nitrogen and oxygen atoms in total. The van der Waals surface area contributed by atoms with Gasteiger partial charge in [0.2, 0.25) is 0 Å². The van der Waals surface area contributed by atoms with Crippen LogP contribution in [-0.4, -0.2) is 10.1 Å². The van der Waals surface area contributed by atoms with Crippen molar-refractivity contribution < 1.29 is 29.1 Å². The fourth-order valence-electron chi connectivity index (χ4n) is 0.338. The predicted molar refractivity (Wildman–Crippen MR) is 23.3 cm³/mol. The van der Waals surface area contributed by atoms with Crippen molar-refractivity contribution in [2.75, 3.05) is 0 Å². The lowest BCUT2D eigenvalue weighted by atomic mass is 10.7. The molecular formula is C4H6IN3. The Morgan fingerprint density at radius 3 is 2.50 bits per heavy atom. The molecule has 0 aromatic carbocycles. The summed E-state index contributed by atoms with van der Waals surface area (Å²) in [6, 6.07) is 0. The SMILES string of the molecule is Cc1nccn[nH+]1.[I-]. The fourth-order valence-corrected chi connectivity index (χ4v) is 0.338. The molecule has 0 atom stereocenters. The van der Waals surface area contributed by atoms with E-state index in [0.717, 1.165) is 5.82 Å². The minimum Gasteiger partial charge on any atom is -1.00 e. The van der Waals surface area contributed by atoms with Crippen LogP contribution >= 0.6 is 0 Å². The molecule has 0 aliphatic rings. The topological polar surface area (TPSA) is 39.9 Å². The van der Waals surface area contributed by atoms with E-state index in [1.165, 1.54) is 0 Å². The molecule has 0 fully saturated rings. The van der Waals surface area contributed by atoms with Gasteiger partial charge in [-0.15, -0.1) is 5.10 Å². The van der Waals surface area contributed by atoms with Gasteiger partial charge in [0.05, 0.1) is 0 Å². The summed E-state index contributed by atoms with van der Waals surface area (Å²) in [6.45, 7) is 1.85. The van der Waals surface area contributed by atoms with E-state index in [4.69, 9.17) is 0 Å². The van der Waals surface area contributed by atoms with E-state index in [1.54, 1.807) is 12.4 Å². The molecule has 0 radical (unpaired) electrons. The smallest absolute Gasteiger partial charge is 0.313 e. The lowest BCUT2D eigenvalue weighted by Crippen LogP contribution is -3.00. The van der Waals surface area contributed by atoms with Gasteiger partial charge in [0, 0.05) is 6.92 Å². The second-order valence-corrected chi connectivity index (χ2v) is 1.25. The second kappa shape index (κ2) is 3.71. The Bertz CT molecular complexity index is 141. The average Bonchev–Trinajstić information content (AvgIpc) is 1.69. The molecule has 1 rings (SSSR count). The van der Waals surface area contributed by atoms with Crippen molar-refractivity contribution in [3.05, 3.63) is 18.2 Å². The zero-order valence-corrected chi connectivity index (χ0v) is 6.58. The van der Waals surface area contributed by atoms with Crippen LogP contribution in [0.3, 0.4) is 0 Å². The minimum atomic E-state index is 0. The summed E-state index contributed by atoms with van der Waals surface area (Å²) in [7, 11) is 0. The van der Waals surface area contributed by atoms with Gasteiger partial charge in [-0.3, -0.25) is 0 Å². The quantitative estimate of drug-likeness (QED) is 0.430. The standard InChI is InChI=1S/C4H5N3.HI/c1-4-5-2-3-6-7-4;/h2-3H,1H3;1H. The first kappa shape index (κ1) is 7.74. The van der Waals surface area contributed by atoms with Crippen molar-refractivity contribution in [1.29, 1.82) is 0 Å². The molecule has 1 aromatic heterocycles. The van der Waals surface area contributed by atoms with Gasteiger partial charge in [-0.2, -0.15) is 0 Å². The Morgan fingerprint density at radius 1 is 1.50 bits per heavy atom. The summed E-state index contributed by atoms with van der Waals surface area (Å²) < 4.78 is 0. The highest BCUT2D eigenvalue weighted by molar-refractivity contribution is 4.66. The second-order valence-electron chi connectivity index (χ2n) is 1.25. The summed E-state index contributed by atoms with van der Waals surface area (Å²) in [5, 5.41) is 6.37. The molecule has 0 aliphatic carbocycles. The Balaban J connectivity index is 0.000000490. The van der Waals surface area contributed by atoms with E-state index >= 15 is 0 Å². The monoisotopic (exact) mass is 223 g/mol. The number of aromatic nitrogens is 3. The third-order valence-electron chi connectivity index (χ3n) is 0.636. The molecule has 0 spiro atoms. The number of aryl methyl sites for hydroxylation is 1. The number of rotatable bonds is 0. The maximum atomic E-state index is 3.86. The van der Waals surface area contributed by atoms with Crippen molar-refractivity contribution in [3.63, 3.8) is 0 Å². The van der Waals surface area contributed by atoms with Crippen molar-refractivity contribution in [3.8, 4) is 0 Å². The van der Waals surface area contributed by atoms with Crippen LogP contribution in [0.1, 0.15) is 5.82 Å². The summed E-state index contributed by atoms with van der Waals surface area (Å²) >= 11 is 0. The van der Waals surface area contributed by atoms with Crippen LogP contribution < -0.4 is 29.1 Å². The Hall–Kier alpha value is -0.260. The molecule has 1 heterocycles. The van der Waals surface area contributed by atoms with Crippen LogP contribution in [-0.2, 0) is 0 Å². The lowest BCUT2D eigenvalue weighted by molar-refractivity contribution is -0.468. The van der Waals surface area contributed by atoms with Crippen LogP contribution in [0.4, 0.5) is 0 Å².